The molecule has 5 nitrogen and oxygen atoms in total. The van der Waals surface area contributed by atoms with Crippen molar-refractivity contribution in [3.63, 3.8) is 0 Å². The van der Waals surface area contributed by atoms with E-state index in [2.05, 4.69) is 5.32 Å². The predicted molar refractivity (Wildman–Crippen MR) is 58.9 cm³/mol. The van der Waals surface area contributed by atoms with Crippen molar-refractivity contribution < 1.29 is 19.7 Å². The molecule has 1 fully saturated rings. The van der Waals surface area contributed by atoms with Crippen molar-refractivity contribution in [3.8, 4) is 0 Å². The molecule has 0 heterocycles. The van der Waals surface area contributed by atoms with Gasteiger partial charge in [0.05, 0.1) is 25.2 Å². The Morgan fingerprint density at radius 2 is 2.12 bits per heavy atom. The predicted octanol–water partition coefficient (Wildman–Crippen LogP) is -0.339. The van der Waals surface area contributed by atoms with Crippen LogP contribution < -0.4 is 5.32 Å². The molecule has 1 rings (SSSR count). The molecular weight excluding hydrogens is 210 g/mol. The lowest BCUT2D eigenvalue weighted by atomic mass is 10.2. The van der Waals surface area contributed by atoms with E-state index in [4.69, 9.17) is 4.74 Å². The number of ether oxygens (including phenoxy) is 1. The van der Waals surface area contributed by atoms with Crippen LogP contribution in [-0.2, 0) is 9.53 Å². The van der Waals surface area contributed by atoms with Crippen LogP contribution >= 0.6 is 0 Å². The minimum atomic E-state index is -0.745. The van der Waals surface area contributed by atoms with Gasteiger partial charge in [-0.1, -0.05) is 0 Å². The SMILES string of the molecule is CCOC(=O)CC(O)CNCC(O)C1CC1. The first kappa shape index (κ1) is 13.4. The second-order valence-corrected chi connectivity index (χ2v) is 4.23. The van der Waals surface area contributed by atoms with E-state index < -0.39 is 6.10 Å². The summed E-state index contributed by atoms with van der Waals surface area (Å²) in [6, 6.07) is 0. The van der Waals surface area contributed by atoms with Gasteiger partial charge in [-0.25, -0.2) is 0 Å². The lowest BCUT2D eigenvalue weighted by Gasteiger charge is -2.13. The molecule has 1 saturated carbocycles. The number of rotatable bonds is 8. The van der Waals surface area contributed by atoms with E-state index in [1.165, 1.54) is 0 Å². The summed E-state index contributed by atoms with van der Waals surface area (Å²) in [5.41, 5.74) is 0. The Balaban J connectivity index is 2.00. The Labute approximate surface area is 95.8 Å². The summed E-state index contributed by atoms with van der Waals surface area (Å²) in [4.78, 5) is 11.0. The maximum atomic E-state index is 11.0. The van der Waals surface area contributed by atoms with E-state index in [1.807, 2.05) is 0 Å². The van der Waals surface area contributed by atoms with Crippen LogP contribution in [0.1, 0.15) is 26.2 Å². The average molecular weight is 231 g/mol. The third kappa shape index (κ3) is 5.44. The normalized spacial score (nSPS) is 19.2. The highest BCUT2D eigenvalue weighted by molar-refractivity contribution is 5.69. The fraction of sp³-hybridized carbons (Fsp3) is 0.909. The lowest BCUT2D eigenvalue weighted by Crippen LogP contribution is -2.35. The summed E-state index contributed by atoms with van der Waals surface area (Å²) in [5.74, 6) is 0.0363. The summed E-state index contributed by atoms with van der Waals surface area (Å²) in [5, 5.41) is 21.9. The zero-order valence-electron chi connectivity index (χ0n) is 9.69. The molecule has 94 valence electrons. The van der Waals surface area contributed by atoms with E-state index in [9.17, 15) is 15.0 Å². The molecule has 0 aromatic heterocycles. The number of esters is 1. The van der Waals surface area contributed by atoms with Crippen molar-refractivity contribution in [1.82, 2.24) is 5.32 Å². The van der Waals surface area contributed by atoms with Crippen LogP contribution in [0.15, 0.2) is 0 Å². The molecule has 0 radical (unpaired) electrons. The maximum absolute atomic E-state index is 11.0. The Kier molecular flexibility index (Phi) is 5.73. The van der Waals surface area contributed by atoms with Crippen LogP contribution in [0.25, 0.3) is 0 Å². The Bertz CT molecular complexity index is 218. The van der Waals surface area contributed by atoms with E-state index in [0.717, 1.165) is 12.8 Å². The number of nitrogens with one attached hydrogen (secondary N) is 1. The van der Waals surface area contributed by atoms with Crippen molar-refractivity contribution in [1.29, 1.82) is 0 Å². The van der Waals surface area contributed by atoms with E-state index >= 15 is 0 Å². The van der Waals surface area contributed by atoms with Gasteiger partial charge >= 0.3 is 5.97 Å². The standard InChI is InChI=1S/C11H21NO4/c1-2-16-11(15)5-9(13)6-12-7-10(14)8-3-4-8/h8-10,12-14H,2-7H2,1H3. The number of hydrogen-bond acceptors (Lipinski definition) is 5. The van der Waals surface area contributed by atoms with E-state index in [-0.39, 0.29) is 18.5 Å². The van der Waals surface area contributed by atoms with Crippen LogP contribution in [0.2, 0.25) is 0 Å². The molecule has 2 atom stereocenters. The molecule has 0 aliphatic heterocycles. The largest absolute Gasteiger partial charge is 0.466 e. The van der Waals surface area contributed by atoms with Crippen LogP contribution in [0, 0.1) is 5.92 Å². The van der Waals surface area contributed by atoms with Crippen LogP contribution in [0.5, 0.6) is 0 Å². The minimum absolute atomic E-state index is 0.000361. The highest BCUT2D eigenvalue weighted by atomic mass is 16.5. The molecule has 2 unspecified atom stereocenters. The summed E-state index contributed by atoms with van der Waals surface area (Å²) in [6.45, 7) is 2.85. The van der Waals surface area contributed by atoms with Gasteiger partial charge in [-0.3, -0.25) is 4.79 Å². The first-order valence-corrected chi connectivity index (χ1v) is 5.86. The molecule has 0 aromatic rings. The number of carbonyl (C=O) groups excluding carboxylic acids is 1. The highest BCUT2D eigenvalue weighted by Crippen LogP contribution is 2.32. The molecule has 0 bridgehead atoms. The molecule has 0 amide bonds. The molecule has 0 aromatic carbocycles. The number of hydrogen-bond donors (Lipinski definition) is 3. The second-order valence-electron chi connectivity index (χ2n) is 4.23. The van der Waals surface area contributed by atoms with Crippen molar-refractivity contribution in [2.24, 2.45) is 5.92 Å². The number of carbonyl (C=O) groups is 1. The summed E-state index contributed by atoms with van der Waals surface area (Å²) >= 11 is 0. The zero-order chi connectivity index (χ0) is 12.0. The van der Waals surface area contributed by atoms with Gasteiger partial charge in [0.2, 0.25) is 0 Å². The number of aliphatic hydroxyl groups is 2. The summed E-state index contributed by atoms with van der Waals surface area (Å²) < 4.78 is 4.71. The zero-order valence-corrected chi connectivity index (χ0v) is 9.69. The van der Waals surface area contributed by atoms with E-state index in [1.54, 1.807) is 6.92 Å². The van der Waals surface area contributed by atoms with Gasteiger partial charge in [-0.15, -0.1) is 0 Å². The van der Waals surface area contributed by atoms with Crippen molar-refractivity contribution in [2.45, 2.75) is 38.4 Å². The second kappa shape index (κ2) is 6.83. The molecular formula is C11H21NO4. The monoisotopic (exact) mass is 231 g/mol. The molecule has 0 spiro atoms. The first-order chi connectivity index (χ1) is 7.63. The first-order valence-electron chi connectivity index (χ1n) is 5.86. The average Bonchev–Trinajstić information content (AvgIpc) is 3.00. The van der Waals surface area contributed by atoms with Crippen LogP contribution in [-0.4, -0.2) is 48.1 Å². The Morgan fingerprint density at radius 3 is 2.69 bits per heavy atom. The highest BCUT2D eigenvalue weighted by Gasteiger charge is 2.29. The van der Waals surface area contributed by atoms with Gasteiger partial charge in [-0.2, -0.15) is 0 Å². The van der Waals surface area contributed by atoms with Gasteiger partial charge in [0, 0.05) is 13.1 Å². The Hall–Kier alpha value is -0.650. The van der Waals surface area contributed by atoms with Gasteiger partial charge in [0.25, 0.3) is 0 Å². The van der Waals surface area contributed by atoms with Crippen molar-refractivity contribution in [3.05, 3.63) is 0 Å². The van der Waals surface area contributed by atoms with Crippen molar-refractivity contribution >= 4 is 5.97 Å². The lowest BCUT2D eigenvalue weighted by molar-refractivity contribution is -0.145. The molecule has 5 heteroatoms. The summed E-state index contributed by atoms with van der Waals surface area (Å²) in [6.07, 6.45) is 1.11. The van der Waals surface area contributed by atoms with Crippen molar-refractivity contribution in [2.75, 3.05) is 19.7 Å². The summed E-state index contributed by atoms with van der Waals surface area (Å²) in [7, 11) is 0. The fourth-order valence-corrected chi connectivity index (χ4v) is 1.53. The third-order valence-electron chi connectivity index (χ3n) is 2.61. The molecule has 1 aliphatic rings. The minimum Gasteiger partial charge on any atom is -0.466 e. The molecule has 3 N–H and O–H groups in total. The Morgan fingerprint density at radius 1 is 1.44 bits per heavy atom. The fourth-order valence-electron chi connectivity index (χ4n) is 1.53. The molecule has 1 aliphatic carbocycles. The van der Waals surface area contributed by atoms with Gasteiger partial charge < -0.3 is 20.3 Å². The smallest absolute Gasteiger partial charge is 0.308 e. The van der Waals surface area contributed by atoms with Gasteiger partial charge in [-0.05, 0) is 25.7 Å². The third-order valence-corrected chi connectivity index (χ3v) is 2.61. The topological polar surface area (TPSA) is 78.8 Å². The van der Waals surface area contributed by atoms with Gasteiger partial charge in [0.15, 0.2) is 0 Å². The maximum Gasteiger partial charge on any atom is 0.308 e. The molecule has 16 heavy (non-hydrogen) atoms. The number of aliphatic hydroxyl groups excluding tert-OH is 2. The van der Waals surface area contributed by atoms with Gasteiger partial charge in [0.1, 0.15) is 0 Å². The quantitative estimate of drug-likeness (QED) is 0.498. The molecule has 0 saturated heterocycles. The van der Waals surface area contributed by atoms with Crippen LogP contribution in [0.3, 0.4) is 0 Å². The van der Waals surface area contributed by atoms with Crippen LogP contribution in [0.4, 0.5) is 0 Å². The van der Waals surface area contributed by atoms with E-state index in [0.29, 0.717) is 25.6 Å².